The summed E-state index contributed by atoms with van der Waals surface area (Å²) in [7, 11) is 0. The van der Waals surface area contributed by atoms with Crippen LogP contribution in [0, 0.1) is 0 Å². The van der Waals surface area contributed by atoms with Crippen LogP contribution < -0.4 is 4.74 Å². The molecule has 0 amide bonds. The van der Waals surface area contributed by atoms with Crippen LogP contribution in [0.25, 0.3) is 16.8 Å². The minimum atomic E-state index is -0.410. The van der Waals surface area contributed by atoms with Crippen LogP contribution in [0.4, 0.5) is 0 Å². The van der Waals surface area contributed by atoms with E-state index < -0.39 is 5.97 Å². The molecule has 1 aliphatic rings. The number of phenols is 1. The summed E-state index contributed by atoms with van der Waals surface area (Å²) in [5, 5.41) is 12.1. The van der Waals surface area contributed by atoms with Gasteiger partial charge in [0.25, 0.3) is 0 Å². The van der Waals surface area contributed by atoms with Crippen LogP contribution in [-0.2, 0) is 11.2 Å². The van der Waals surface area contributed by atoms with Crippen LogP contribution in [0.5, 0.6) is 11.5 Å². The summed E-state index contributed by atoms with van der Waals surface area (Å²) >= 11 is 0. The maximum atomic E-state index is 12.2. The first kappa shape index (κ1) is 13.6. The summed E-state index contributed by atoms with van der Waals surface area (Å²) < 4.78 is 5.40. The highest BCUT2D eigenvalue weighted by Gasteiger charge is 2.27. The molecule has 1 N–H and O–H groups in total. The van der Waals surface area contributed by atoms with Crippen molar-refractivity contribution in [3.8, 4) is 11.5 Å². The second kappa shape index (κ2) is 5.29. The van der Waals surface area contributed by atoms with Crippen molar-refractivity contribution in [2.24, 2.45) is 0 Å². The van der Waals surface area contributed by atoms with Gasteiger partial charge in [0, 0.05) is 17.6 Å². The Morgan fingerprint density at radius 2 is 1.74 bits per heavy atom. The van der Waals surface area contributed by atoms with Gasteiger partial charge in [0.1, 0.15) is 0 Å². The molecule has 1 heterocycles. The summed E-state index contributed by atoms with van der Waals surface area (Å²) in [6, 6.07) is 19.1. The first-order valence-corrected chi connectivity index (χ1v) is 7.44. The van der Waals surface area contributed by atoms with E-state index in [0.29, 0.717) is 12.0 Å². The normalized spacial score (nSPS) is 15.5. The van der Waals surface area contributed by atoms with Gasteiger partial charge in [-0.05, 0) is 28.5 Å². The maximum absolute atomic E-state index is 12.2. The summed E-state index contributed by atoms with van der Waals surface area (Å²) in [5.74, 6) is -0.128. The van der Waals surface area contributed by atoms with Crippen molar-refractivity contribution in [3.05, 3.63) is 77.4 Å². The molecule has 0 radical (unpaired) electrons. The van der Waals surface area contributed by atoms with Gasteiger partial charge in [-0.1, -0.05) is 54.6 Å². The second-order valence-electron chi connectivity index (χ2n) is 5.57. The highest BCUT2D eigenvalue weighted by atomic mass is 16.5. The fourth-order valence-corrected chi connectivity index (χ4v) is 2.96. The van der Waals surface area contributed by atoms with Crippen molar-refractivity contribution in [2.75, 3.05) is 0 Å². The Kier molecular flexibility index (Phi) is 3.12. The van der Waals surface area contributed by atoms with E-state index in [0.717, 1.165) is 21.9 Å². The van der Waals surface area contributed by atoms with E-state index in [1.54, 1.807) is 6.07 Å². The van der Waals surface area contributed by atoms with E-state index >= 15 is 0 Å². The number of benzene rings is 3. The summed E-state index contributed by atoms with van der Waals surface area (Å²) in [6.07, 6.45) is 2.28. The second-order valence-corrected chi connectivity index (χ2v) is 5.57. The third-order valence-corrected chi connectivity index (χ3v) is 4.05. The minimum Gasteiger partial charge on any atom is -0.504 e. The number of carbonyl (C=O) groups excluding carboxylic acids is 1. The van der Waals surface area contributed by atoms with Gasteiger partial charge in [0.05, 0.1) is 0 Å². The van der Waals surface area contributed by atoms with Crippen LogP contribution in [0.2, 0.25) is 0 Å². The zero-order chi connectivity index (χ0) is 15.8. The quantitative estimate of drug-likeness (QED) is 0.418. The molecule has 0 aliphatic carbocycles. The molecule has 23 heavy (non-hydrogen) atoms. The van der Waals surface area contributed by atoms with Crippen LogP contribution in [0.3, 0.4) is 0 Å². The van der Waals surface area contributed by atoms with E-state index in [9.17, 15) is 9.90 Å². The van der Waals surface area contributed by atoms with Gasteiger partial charge in [0.2, 0.25) is 0 Å². The molecule has 0 aromatic heterocycles. The molecule has 0 saturated heterocycles. The third kappa shape index (κ3) is 2.36. The maximum Gasteiger partial charge on any atom is 0.339 e. The smallest absolute Gasteiger partial charge is 0.339 e. The van der Waals surface area contributed by atoms with E-state index in [2.05, 4.69) is 0 Å². The van der Waals surface area contributed by atoms with E-state index in [-0.39, 0.29) is 11.5 Å². The lowest BCUT2D eigenvalue weighted by atomic mass is 9.94. The number of carbonyl (C=O) groups is 1. The lowest BCUT2D eigenvalue weighted by Gasteiger charge is -2.21. The Morgan fingerprint density at radius 3 is 2.57 bits per heavy atom. The van der Waals surface area contributed by atoms with Gasteiger partial charge in [-0.25, -0.2) is 4.79 Å². The molecule has 112 valence electrons. The van der Waals surface area contributed by atoms with Gasteiger partial charge in [-0.15, -0.1) is 0 Å². The van der Waals surface area contributed by atoms with Crippen LogP contribution in [-0.4, -0.2) is 11.1 Å². The first-order valence-electron chi connectivity index (χ1n) is 7.44. The van der Waals surface area contributed by atoms with Gasteiger partial charge >= 0.3 is 5.97 Å². The first-order chi connectivity index (χ1) is 11.2. The molecular weight excluding hydrogens is 288 g/mol. The Bertz CT molecular complexity index is 940. The Hall–Kier alpha value is -3.07. The number of rotatable bonds is 1. The molecule has 0 fully saturated rings. The van der Waals surface area contributed by atoms with Crippen LogP contribution in [0.15, 0.2) is 66.2 Å². The largest absolute Gasteiger partial charge is 0.504 e. The van der Waals surface area contributed by atoms with Gasteiger partial charge < -0.3 is 9.84 Å². The predicted molar refractivity (Wildman–Crippen MR) is 89.4 cm³/mol. The molecule has 0 saturated carbocycles. The van der Waals surface area contributed by atoms with E-state index in [4.69, 9.17) is 4.74 Å². The van der Waals surface area contributed by atoms with E-state index in [1.807, 2.05) is 60.7 Å². The van der Waals surface area contributed by atoms with Gasteiger partial charge in [-0.3, -0.25) is 0 Å². The van der Waals surface area contributed by atoms with Crippen molar-refractivity contribution >= 4 is 22.8 Å². The molecule has 4 rings (SSSR count). The molecule has 0 atom stereocenters. The fraction of sp³-hybridized carbons (Fsp3) is 0.0500. The molecule has 3 heteroatoms. The van der Waals surface area contributed by atoms with Crippen molar-refractivity contribution in [2.45, 2.75) is 6.42 Å². The molecule has 0 bridgehead atoms. The highest BCUT2D eigenvalue weighted by molar-refractivity contribution is 6.01. The Morgan fingerprint density at radius 1 is 1.00 bits per heavy atom. The molecule has 0 spiro atoms. The average Bonchev–Trinajstić information content (AvgIpc) is 2.57. The molecule has 3 aromatic carbocycles. The average molecular weight is 302 g/mol. The van der Waals surface area contributed by atoms with Crippen molar-refractivity contribution < 1.29 is 14.6 Å². The highest BCUT2D eigenvalue weighted by Crippen LogP contribution is 2.41. The number of hydrogen-bond donors (Lipinski definition) is 1. The Labute approximate surface area is 133 Å². The van der Waals surface area contributed by atoms with Crippen molar-refractivity contribution in [1.82, 2.24) is 0 Å². The Balaban J connectivity index is 1.87. The monoisotopic (exact) mass is 302 g/mol. The van der Waals surface area contributed by atoms with Crippen LogP contribution in [0.1, 0.15) is 11.1 Å². The topological polar surface area (TPSA) is 46.5 Å². The molecule has 3 nitrogen and oxygen atoms in total. The number of phenolic OH excluding ortho intramolecular Hbond substituents is 1. The number of aromatic hydroxyl groups is 1. The zero-order valence-corrected chi connectivity index (χ0v) is 12.3. The lowest BCUT2D eigenvalue weighted by molar-refractivity contribution is -0.130. The van der Waals surface area contributed by atoms with Gasteiger partial charge in [-0.2, -0.15) is 0 Å². The number of esters is 1. The standard InChI is InChI=1S/C20H14O3/c21-18-12-14-8-4-5-9-16(14)17-11-15(20(22)23-19(17)18)10-13-6-2-1-3-7-13/h1-10,12,21H,11H2/b15-10-. The summed E-state index contributed by atoms with van der Waals surface area (Å²) in [6.45, 7) is 0. The molecule has 0 unspecified atom stereocenters. The summed E-state index contributed by atoms with van der Waals surface area (Å²) in [5.41, 5.74) is 2.38. The van der Waals surface area contributed by atoms with Crippen LogP contribution >= 0.6 is 0 Å². The van der Waals surface area contributed by atoms with E-state index in [1.165, 1.54) is 0 Å². The SMILES string of the molecule is O=C1Oc2c(O)cc3ccccc3c2C/C1=C/c1ccccc1. The minimum absolute atomic E-state index is 0.00538. The summed E-state index contributed by atoms with van der Waals surface area (Å²) in [4.78, 5) is 12.2. The number of ether oxygens (including phenoxy) is 1. The zero-order valence-electron chi connectivity index (χ0n) is 12.3. The lowest BCUT2D eigenvalue weighted by Crippen LogP contribution is -2.19. The predicted octanol–water partition coefficient (Wildman–Crippen LogP) is 4.09. The van der Waals surface area contributed by atoms with Crippen molar-refractivity contribution in [1.29, 1.82) is 0 Å². The number of hydrogen-bond acceptors (Lipinski definition) is 3. The third-order valence-electron chi connectivity index (χ3n) is 4.05. The fourth-order valence-electron chi connectivity index (χ4n) is 2.96. The molecule has 1 aliphatic heterocycles. The number of fused-ring (bicyclic) bond motifs is 3. The molecule has 3 aromatic rings. The molecular formula is C20H14O3. The van der Waals surface area contributed by atoms with Gasteiger partial charge in [0.15, 0.2) is 11.5 Å². The van der Waals surface area contributed by atoms with Crippen molar-refractivity contribution in [3.63, 3.8) is 0 Å².